The Morgan fingerprint density at radius 2 is 1.49 bits per heavy atom. The van der Waals surface area contributed by atoms with E-state index in [0.717, 1.165) is 16.1 Å². The third-order valence-electron chi connectivity index (χ3n) is 6.42. The zero-order valence-electron chi connectivity index (χ0n) is 22.6. The first kappa shape index (κ1) is 29.0. The van der Waals surface area contributed by atoms with Crippen LogP contribution in [-0.2, 0) is 28.7 Å². The second kappa shape index (κ2) is 13.9. The Bertz CT molecular complexity index is 1340. The molecule has 3 aromatic rings. The molecule has 0 unspecified atom stereocenters. The molecule has 41 heavy (non-hydrogen) atoms. The van der Waals surface area contributed by atoms with E-state index >= 15 is 0 Å². The van der Waals surface area contributed by atoms with E-state index in [9.17, 15) is 24.0 Å². The molecule has 1 atom stereocenters. The van der Waals surface area contributed by atoms with Gasteiger partial charge in [0.2, 0.25) is 5.91 Å². The summed E-state index contributed by atoms with van der Waals surface area (Å²) in [4.78, 5) is 62.7. The molecule has 0 radical (unpaired) electrons. The van der Waals surface area contributed by atoms with E-state index in [-0.39, 0.29) is 13.0 Å². The van der Waals surface area contributed by atoms with Crippen molar-refractivity contribution in [3.05, 3.63) is 102 Å². The molecular weight excluding hydrogens is 526 g/mol. The molecule has 4 rings (SSSR count). The SMILES string of the molecule is CCCOC(=O)c1ccc(NC(=O)COC(=O)[C@H]2CC(=O)N(NC(=O)C(c3ccccc3)c3ccccc3)C2)cc1. The maximum atomic E-state index is 13.3. The first-order valence-corrected chi connectivity index (χ1v) is 13.3. The normalized spacial score (nSPS) is 14.4. The minimum Gasteiger partial charge on any atom is -0.462 e. The summed E-state index contributed by atoms with van der Waals surface area (Å²) in [6, 6.07) is 24.5. The quantitative estimate of drug-likeness (QED) is 0.345. The number of hydrogen-bond donors (Lipinski definition) is 2. The smallest absolute Gasteiger partial charge is 0.338 e. The third-order valence-corrected chi connectivity index (χ3v) is 6.42. The second-order valence-electron chi connectivity index (χ2n) is 9.50. The summed E-state index contributed by atoms with van der Waals surface area (Å²) in [5.74, 6) is -4.09. The first-order chi connectivity index (χ1) is 19.9. The predicted octanol–water partition coefficient (Wildman–Crippen LogP) is 3.45. The van der Waals surface area contributed by atoms with Crippen molar-refractivity contribution in [2.75, 3.05) is 25.1 Å². The van der Waals surface area contributed by atoms with Crippen molar-refractivity contribution < 1.29 is 33.4 Å². The van der Waals surface area contributed by atoms with Gasteiger partial charge in [-0.1, -0.05) is 67.6 Å². The van der Waals surface area contributed by atoms with Crippen LogP contribution in [0, 0.1) is 5.92 Å². The molecule has 0 aromatic heterocycles. The summed E-state index contributed by atoms with van der Waals surface area (Å²) >= 11 is 0. The number of hydrazine groups is 1. The third kappa shape index (κ3) is 7.78. The monoisotopic (exact) mass is 557 g/mol. The Balaban J connectivity index is 1.28. The summed E-state index contributed by atoms with van der Waals surface area (Å²) in [7, 11) is 0. The molecule has 1 fully saturated rings. The van der Waals surface area contributed by atoms with Gasteiger partial charge in [-0.05, 0) is 41.8 Å². The molecule has 0 bridgehead atoms. The van der Waals surface area contributed by atoms with Gasteiger partial charge in [-0.2, -0.15) is 0 Å². The van der Waals surface area contributed by atoms with Crippen molar-refractivity contribution in [3.8, 4) is 0 Å². The summed E-state index contributed by atoms with van der Waals surface area (Å²) < 4.78 is 10.2. The minimum absolute atomic E-state index is 0.0725. The predicted molar refractivity (Wildman–Crippen MR) is 149 cm³/mol. The van der Waals surface area contributed by atoms with E-state index in [1.807, 2.05) is 67.6 Å². The molecule has 2 N–H and O–H groups in total. The van der Waals surface area contributed by atoms with Gasteiger partial charge in [0.25, 0.3) is 11.8 Å². The number of rotatable bonds is 11. The Morgan fingerprint density at radius 1 is 0.878 bits per heavy atom. The van der Waals surface area contributed by atoms with Crippen LogP contribution in [0.3, 0.4) is 0 Å². The topological polar surface area (TPSA) is 131 Å². The van der Waals surface area contributed by atoms with Crippen LogP contribution in [0.15, 0.2) is 84.9 Å². The Kier molecular flexibility index (Phi) is 9.82. The molecule has 1 heterocycles. The number of amides is 3. The number of carbonyl (C=O) groups excluding carboxylic acids is 5. The fourth-order valence-electron chi connectivity index (χ4n) is 4.38. The highest BCUT2D eigenvalue weighted by atomic mass is 16.5. The number of nitrogens with one attached hydrogen (secondary N) is 2. The number of hydrogen-bond acceptors (Lipinski definition) is 7. The molecule has 0 saturated carbocycles. The summed E-state index contributed by atoms with van der Waals surface area (Å²) in [5.41, 5.74) is 4.94. The fourth-order valence-corrected chi connectivity index (χ4v) is 4.38. The van der Waals surface area contributed by atoms with Gasteiger partial charge in [-0.15, -0.1) is 0 Å². The molecule has 0 spiro atoms. The van der Waals surface area contributed by atoms with E-state index in [1.54, 1.807) is 0 Å². The van der Waals surface area contributed by atoms with E-state index < -0.39 is 48.1 Å². The molecule has 3 amide bonds. The van der Waals surface area contributed by atoms with Gasteiger partial charge in [0.15, 0.2) is 6.61 Å². The zero-order chi connectivity index (χ0) is 29.2. The van der Waals surface area contributed by atoms with Crippen molar-refractivity contribution in [1.82, 2.24) is 10.4 Å². The Hall–Kier alpha value is -4.99. The van der Waals surface area contributed by atoms with E-state index in [0.29, 0.717) is 24.3 Å². The van der Waals surface area contributed by atoms with Crippen molar-refractivity contribution in [2.24, 2.45) is 5.92 Å². The number of esters is 2. The van der Waals surface area contributed by atoms with E-state index in [1.165, 1.54) is 24.3 Å². The largest absolute Gasteiger partial charge is 0.462 e. The van der Waals surface area contributed by atoms with Gasteiger partial charge in [-0.25, -0.2) is 4.79 Å². The Labute approximate surface area is 237 Å². The van der Waals surface area contributed by atoms with Crippen molar-refractivity contribution in [3.63, 3.8) is 0 Å². The average molecular weight is 558 g/mol. The molecule has 10 heteroatoms. The standard InChI is InChI=1S/C31H31N3O7/c1-2-17-40-30(38)23-13-15-25(16-14-23)32-26(35)20-41-31(39)24-18-27(36)34(19-24)33-29(37)28(21-9-5-3-6-10-21)22-11-7-4-8-12-22/h3-16,24,28H,2,17-20H2,1H3,(H,32,35)(H,33,37)/t24-/m0/s1. The molecule has 10 nitrogen and oxygen atoms in total. The van der Waals surface area contributed by atoms with Crippen LogP contribution in [0.25, 0.3) is 0 Å². The van der Waals surface area contributed by atoms with Gasteiger partial charge in [-0.3, -0.25) is 29.6 Å². The van der Waals surface area contributed by atoms with E-state index in [2.05, 4.69) is 10.7 Å². The average Bonchev–Trinajstić information content (AvgIpc) is 3.36. The fraction of sp³-hybridized carbons (Fsp3) is 0.258. The van der Waals surface area contributed by atoms with Crippen LogP contribution in [0.2, 0.25) is 0 Å². The molecule has 1 saturated heterocycles. The summed E-state index contributed by atoms with van der Waals surface area (Å²) in [6.45, 7) is 1.59. The van der Waals surface area contributed by atoms with Crippen LogP contribution < -0.4 is 10.7 Å². The Morgan fingerprint density at radius 3 is 2.07 bits per heavy atom. The lowest BCUT2D eigenvalue weighted by Gasteiger charge is -2.23. The number of benzene rings is 3. The number of carbonyl (C=O) groups is 5. The maximum Gasteiger partial charge on any atom is 0.338 e. The highest BCUT2D eigenvalue weighted by molar-refractivity contribution is 5.95. The second-order valence-corrected chi connectivity index (χ2v) is 9.50. The zero-order valence-corrected chi connectivity index (χ0v) is 22.6. The molecule has 212 valence electrons. The highest BCUT2D eigenvalue weighted by Gasteiger charge is 2.37. The summed E-state index contributed by atoms with van der Waals surface area (Å²) in [6.07, 6.45) is 0.556. The lowest BCUT2D eigenvalue weighted by atomic mass is 9.91. The van der Waals surface area contributed by atoms with E-state index in [4.69, 9.17) is 9.47 Å². The number of ether oxygens (including phenoxy) is 2. The van der Waals surface area contributed by atoms with Gasteiger partial charge in [0.05, 0.1) is 30.6 Å². The van der Waals surface area contributed by atoms with Gasteiger partial charge < -0.3 is 14.8 Å². The minimum atomic E-state index is -0.837. The molecule has 0 aliphatic carbocycles. The van der Waals surface area contributed by atoms with Gasteiger partial charge in [0.1, 0.15) is 0 Å². The summed E-state index contributed by atoms with van der Waals surface area (Å²) in [5, 5.41) is 3.71. The molecular formula is C31H31N3O7. The first-order valence-electron chi connectivity index (χ1n) is 13.3. The molecule has 3 aromatic carbocycles. The maximum absolute atomic E-state index is 13.3. The lowest BCUT2D eigenvalue weighted by molar-refractivity contribution is -0.151. The molecule has 1 aliphatic rings. The van der Waals surface area contributed by atoms with Crippen LogP contribution in [0.1, 0.15) is 47.2 Å². The van der Waals surface area contributed by atoms with Crippen LogP contribution in [0.4, 0.5) is 5.69 Å². The van der Waals surface area contributed by atoms with Gasteiger partial charge >= 0.3 is 11.9 Å². The lowest BCUT2D eigenvalue weighted by Crippen LogP contribution is -2.45. The van der Waals surface area contributed by atoms with Crippen molar-refractivity contribution in [1.29, 1.82) is 0 Å². The highest BCUT2D eigenvalue weighted by Crippen LogP contribution is 2.26. The number of anilines is 1. The van der Waals surface area contributed by atoms with Crippen molar-refractivity contribution in [2.45, 2.75) is 25.7 Å². The van der Waals surface area contributed by atoms with Crippen LogP contribution in [-0.4, -0.2) is 54.4 Å². The molecule has 1 aliphatic heterocycles. The van der Waals surface area contributed by atoms with Crippen LogP contribution >= 0.6 is 0 Å². The van der Waals surface area contributed by atoms with Gasteiger partial charge in [0, 0.05) is 12.1 Å². The van der Waals surface area contributed by atoms with Crippen LogP contribution in [0.5, 0.6) is 0 Å². The number of nitrogens with zero attached hydrogens (tertiary/aromatic N) is 1. The van der Waals surface area contributed by atoms with Crippen molar-refractivity contribution >= 4 is 35.3 Å².